The highest BCUT2D eigenvalue weighted by atomic mass is 16.5. The fraction of sp³-hybridized carbons (Fsp3) is 0.250. The maximum atomic E-state index is 5.64. The van der Waals surface area contributed by atoms with E-state index in [0.29, 0.717) is 13.2 Å². The van der Waals surface area contributed by atoms with Crippen LogP contribution in [0.5, 0.6) is 5.75 Å². The predicted octanol–water partition coefficient (Wildman–Crippen LogP) is 3.38. The zero-order valence-electron chi connectivity index (χ0n) is 10.9. The normalized spacial score (nSPS) is 17.6. The van der Waals surface area contributed by atoms with Crippen molar-refractivity contribution < 1.29 is 9.47 Å². The molecular weight excluding hydrogens is 238 g/mol. The maximum absolute atomic E-state index is 5.64. The van der Waals surface area contributed by atoms with E-state index in [1.807, 2.05) is 24.3 Å². The minimum atomic E-state index is 0.207. The molecule has 0 saturated carbocycles. The summed E-state index contributed by atoms with van der Waals surface area (Å²) in [6.45, 7) is 1.40. The summed E-state index contributed by atoms with van der Waals surface area (Å²) in [5.74, 6) is 0.867. The Bertz CT molecular complexity index is 551. The van der Waals surface area contributed by atoms with Crippen LogP contribution in [0.4, 0.5) is 5.69 Å². The molecule has 1 aliphatic heterocycles. The molecule has 2 aromatic carbocycles. The Balaban J connectivity index is 1.80. The third kappa shape index (κ3) is 2.56. The van der Waals surface area contributed by atoms with Gasteiger partial charge in [0, 0.05) is 5.69 Å². The van der Waals surface area contributed by atoms with E-state index in [2.05, 4.69) is 29.6 Å². The zero-order chi connectivity index (χ0) is 13.1. The lowest BCUT2D eigenvalue weighted by Crippen LogP contribution is -2.23. The highest BCUT2D eigenvalue weighted by Gasteiger charge is 2.19. The van der Waals surface area contributed by atoms with E-state index in [9.17, 15) is 0 Å². The second-order valence-electron chi connectivity index (χ2n) is 4.64. The van der Waals surface area contributed by atoms with Crippen molar-refractivity contribution in [2.75, 3.05) is 19.0 Å². The number of rotatable bonds is 3. The van der Waals surface area contributed by atoms with Crippen molar-refractivity contribution in [3.63, 3.8) is 0 Å². The van der Waals surface area contributed by atoms with Crippen LogP contribution in [0, 0.1) is 0 Å². The van der Waals surface area contributed by atoms with Gasteiger partial charge in [-0.25, -0.2) is 0 Å². The van der Waals surface area contributed by atoms with Gasteiger partial charge in [-0.3, -0.25) is 0 Å². The van der Waals surface area contributed by atoms with Gasteiger partial charge in [0.15, 0.2) is 0 Å². The average Bonchev–Trinajstić information content (AvgIpc) is 2.48. The molecule has 0 amide bonds. The zero-order valence-corrected chi connectivity index (χ0v) is 10.9. The van der Waals surface area contributed by atoms with Gasteiger partial charge in [0.2, 0.25) is 0 Å². The van der Waals surface area contributed by atoms with E-state index >= 15 is 0 Å². The topological polar surface area (TPSA) is 30.5 Å². The SMILES string of the molecule is COc1ccc(NC2COCc3ccccc32)cc1. The molecule has 19 heavy (non-hydrogen) atoms. The van der Waals surface area contributed by atoms with Crippen molar-refractivity contribution in [2.24, 2.45) is 0 Å². The first-order valence-electron chi connectivity index (χ1n) is 6.43. The molecule has 1 N–H and O–H groups in total. The van der Waals surface area contributed by atoms with Gasteiger partial charge >= 0.3 is 0 Å². The van der Waals surface area contributed by atoms with Gasteiger partial charge in [0.05, 0.1) is 26.4 Å². The first-order chi connectivity index (χ1) is 9.36. The summed E-state index contributed by atoms with van der Waals surface area (Å²) in [4.78, 5) is 0. The maximum Gasteiger partial charge on any atom is 0.119 e. The first kappa shape index (κ1) is 12.1. The van der Waals surface area contributed by atoms with Crippen molar-refractivity contribution in [2.45, 2.75) is 12.6 Å². The molecule has 3 heteroatoms. The van der Waals surface area contributed by atoms with Crippen molar-refractivity contribution in [1.29, 1.82) is 0 Å². The van der Waals surface area contributed by atoms with Crippen LogP contribution in [0.1, 0.15) is 17.2 Å². The molecule has 2 aromatic rings. The summed E-state index contributed by atoms with van der Waals surface area (Å²) in [6, 6.07) is 16.6. The summed E-state index contributed by atoms with van der Waals surface area (Å²) < 4.78 is 10.8. The molecule has 0 bridgehead atoms. The van der Waals surface area contributed by atoms with Gasteiger partial charge in [-0.05, 0) is 35.4 Å². The van der Waals surface area contributed by atoms with Crippen molar-refractivity contribution in [3.8, 4) is 5.75 Å². The summed E-state index contributed by atoms with van der Waals surface area (Å²) in [5.41, 5.74) is 3.66. The Morgan fingerprint density at radius 2 is 1.89 bits per heavy atom. The summed E-state index contributed by atoms with van der Waals surface area (Å²) in [6.07, 6.45) is 0. The van der Waals surface area contributed by atoms with Crippen LogP contribution < -0.4 is 10.1 Å². The lowest BCUT2D eigenvalue weighted by Gasteiger charge is -2.27. The van der Waals surface area contributed by atoms with E-state index in [1.165, 1.54) is 11.1 Å². The van der Waals surface area contributed by atoms with E-state index in [4.69, 9.17) is 9.47 Å². The molecule has 0 saturated heterocycles. The van der Waals surface area contributed by atoms with Crippen molar-refractivity contribution >= 4 is 5.69 Å². The van der Waals surface area contributed by atoms with E-state index in [-0.39, 0.29) is 6.04 Å². The van der Waals surface area contributed by atoms with Gasteiger partial charge in [-0.15, -0.1) is 0 Å². The predicted molar refractivity (Wildman–Crippen MR) is 75.5 cm³/mol. The molecule has 1 unspecified atom stereocenters. The molecule has 1 aliphatic rings. The monoisotopic (exact) mass is 255 g/mol. The molecule has 0 spiro atoms. The number of hydrogen-bond donors (Lipinski definition) is 1. The van der Waals surface area contributed by atoms with Crippen LogP contribution in [0.15, 0.2) is 48.5 Å². The Kier molecular flexibility index (Phi) is 3.38. The van der Waals surface area contributed by atoms with Gasteiger partial charge in [0.1, 0.15) is 5.75 Å². The lowest BCUT2D eigenvalue weighted by molar-refractivity contribution is 0.0970. The van der Waals surface area contributed by atoms with Crippen molar-refractivity contribution in [3.05, 3.63) is 59.7 Å². The van der Waals surface area contributed by atoms with E-state index in [1.54, 1.807) is 7.11 Å². The fourth-order valence-corrected chi connectivity index (χ4v) is 2.39. The molecular formula is C16H17NO2. The third-order valence-corrected chi connectivity index (χ3v) is 3.40. The van der Waals surface area contributed by atoms with Crippen LogP contribution in [0.2, 0.25) is 0 Å². The molecule has 0 fully saturated rings. The van der Waals surface area contributed by atoms with Crippen LogP contribution >= 0.6 is 0 Å². The first-order valence-corrected chi connectivity index (χ1v) is 6.43. The molecule has 1 heterocycles. The standard InChI is InChI=1S/C16H17NO2/c1-18-14-8-6-13(7-9-14)17-16-11-19-10-12-4-2-3-5-15(12)16/h2-9,16-17H,10-11H2,1H3. The van der Waals surface area contributed by atoms with Crippen LogP contribution in [0.3, 0.4) is 0 Å². The molecule has 98 valence electrons. The Hall–Kier alpha value is -2.00. The number of nitrogens with one attached hydrogen (secondary N) is 1. The molecule has 1 atom stereocenters. The molecule has 0 aromatic heterocycles. The van der Waals surface area contributed by atoms with Gasteiger partial charge < -0.3 is 14.8 Å². The minimum absolute atomic E-state index is 0.207. The quantitative estimate of drug-likeness (QED) is 0.912. The molecule has 3 nitrogen and oxygen atoms in total. The Morgan fingerprint density at radius 1 is 1.11 bits per heavy atom. The number of benzene rings is 2. The van der Waals surface area contributed by atoms with Crippen LogP contribution in [-0.2, 0) is 11.3 Å². The molecule has 0 aliphatic carbocycles. The fourth-order valence-electron chi connectivity index (χ4n) is 2.39. The minimum Gasteiger partial charge on any atom is -0.497 e. The van der Waals surface area contributed by atoms with Crippen molar-refractivity contribution in [1.82, 2.24) is 0 Å². The third-order valence-electron chi connectivity index (χ3n) is 3.40. The summed E-state index contributed by atoms with van der Waals surface area (Å²) in [7, 11) is 1.67. The smallest absolute Gasteiger partial charge is 0.119 e. The Labute approximate surface area is 113 Å². The largest absolute Gasteiger partial charge is 0.497 e. The second kappa shape index (κ2) is 5.33. The average molecular weight is 255 g/mol. The van der Waals surface area contributed by atoms with Gasteiger partial charge in [-0.2, -0.15) is 0 Å². The second-order valence-corrected chi connectivity index (χ2v) is 4.64. The van der Waals surface area contributed by atoms with Crippen LogP contribution in [0.25, 0.3) is 0 Å². The number of methoxy groups -OCH3 is 1. The van der Waals surface area contributed by atoms with E-state index in [0.717, 1.165) is 11.4 Å². The molecule has 0 radical (unpaired) electrons. The number of anilines is 1. The van der Waals surface area contributed by atoms with E-state index < -0.39 is 0 Å². The lowest BCUT2D eigenvalue weighted by atomic mass is 9.99. The highest BCUT2D eigenvalue weighted by molar-refractivity contribution is 5.49. The number of fused-ring (bicyclic) bond motifs is 1. The van der Waals surface area contributed by atoms with Gasteiger partial charge in [-0.1, -0.05) is 24.3 Å². The Morgan fingerprint density at radius 3 is 2.68 bits per heavy atom. The highest BCUT2D eigenvalue weighted by Crippen LogP contribution is 2.28. The number of ether oxygens (including phenoxy) is 2. The molecule has 3 rings (SSSR count). The van der Waals surface area contributed by atoms with Gasteiger partial charge in [0.25, 0.3) is 0 Å². The number of hydrogen-bond acceptors (Lipinski definition) is 3. The van der Waals surface area contributed by atoms with Crippen LogP contribution in [-0.4, -0.2) is 13.7 Å². The summed E-state index contributed by atoms with van der Waals surface area (Å²) >= 11 is 0. The summed E-state index contributed by atoms with van der Waals surface area (Å²) in [5, 5.41) is 3.51.